The third-order valence-corrected chi connectivity index (χ3v) is 3.19. The van der Waals surface area contributed by atoms with Gasteiger partial charge in [0.1, 0.15) is 5.60 Å². The van der Waals surface area contributed by atoms with E-state index >= 15 is 0 Å². The first kappa shape index (κ1) is 10.7. The Hall–Kier alpha value is -0.770. The molecule has 0 aromatic rings. The average Bonchev–Trinajstić information content (AvgIpc) is 2.55. The van der Waals surface area contributed by atoms with E-state index in [4.69, 9.17) is 10.5 Å². The molecule has 0 saturated carbocycles. The molecular weight excluding hydrogens is 192 g/mol. The fraction of sp³-hybridized carbons (Fsp3) is 0.909. The summed E-state index contributed by atoms with van der Waals surface area (Å²) in [6.07, 6.45) is 2.86. The molecule has 0 radical (unpaired) electrons. The van der Waals surface area contributed by atoms with Crippen molar-refractivity contribution in [2.24, 2.45) is 5.73 Å². The van der Waals surface area contributed by atoms with Gasteiger partial charge in [0.25, 0.3) is 0 Å². The molecule has 2 saturated heterocycles. The van der Waals surface area contributed by atoms with Gasteiger partial charge in [-0.3, -0.25) is 0 Å². The van der Waals surface area contributed by atoms with E-state index in [2.05, 4.69) is 0 Å². The van der Waals surface area contributed by atoms with Gasteiger partial charge in [0.15, 0.2) is 0 Å². The minimum Gasteiger partial charge on any atom is -0.444 e. The SMILES string of the molecule is CC(C)(C)OC(=O)N1[C@@H]2CC[C@H]1[C@@H](N)C2. The van der Waals surface area contributed by atoms with Crippen LogP contribution in [0, 0.1) is 0 Å². The molecule has 4 nitrogen and oxygen atoms in total. The zero-order valence-electron chi connectivity index (χ0n) is 9.69. The topological polar surface area (TPSA) is 55.6 Å². The van der Waals surface area contributed by atoms with E-state index in [-0.39, 0.29) is 18.2 Å². The molecule has 0 unspecified atom stereocenters. The minimum atomic E-state index is -0.413. The lowest BCUT2D eigenvalue weighted by atomic mass is 9.97. The van der Waals surface area contributed by atoms with Gasteiger partial charge < -0.3 is 15.4 Å². The van der Waals surface area contributed by atoms with Crippen molar-refractivity contribution in [1.82, 2.24) is 4.90 Å². The monoisotopic (exact) mass is 212 g/mol. The molecular formula is C11H20N2O2. The van der Waals surface area contributed by atoms with Gasteiger partial charge in [-0.25, -0.2) is 4.79 Å². The fourth-order valence-electron chi connectivity index (χ4n) is 2.63. The van der Waals surface area contributed by atoms with Crippen LogP contribution in [0.2, 0.25) is 0 Å². The standard InChI is InChI=1S/C11H20N2O2/c1-11(2,3)15-10(14)13-7-4-5-9(13)8(12)6-7/h7-9H,4-6,12H2,1-3H3/t7-,8+,9+/m1/s1. The second kappa shape index (κ2) is 3.37. The summed E-state index contributed by atoms with van der Waals surface area (Å²) in [6, 6.07) is 0.681. The highest BCUT2D eigenvalue weighted by Gasteiger charge is 2.48. The number of fused-ring (bicyclic) bond motifs is 2. The Kier molecular flexibility index (Phi) is 2.41. The lowest BCUT2D eigenvalue weighted by Crippen LogP contribution is -2.43. The molecule has 2 N–H and O–H groups in total. The Labute approximate surface area is 90.8 Å². The molecule has 15 heavy (non-hydrogen) atoms. The fourth-order valence-corrected chi connectivity index (χ4v) is 2.63. The smallest absolute Gasteiger partial charge is 0.410 e. The highest BCUT2D eigenvalue weighted by atomic mass is 16.6. The molecule has 2 aliphatic rings. The van der Waals surface area contributed by atoms with Gasteiger partial charge >= 0.3 is 6.09 Å². The highest BCUT2D eigenvalue weighted by Crippen LogP contribution is 2.37. The number of ether oxygens (including phenoxy) is 1. The van der Waals surface area contributed by atoms with Gasteiger partial charge in [-0.05, 0) is 40.0 Å². The molecule has 3 atom stereocenters. The van der Waals surface area contributed by atoms with Gasteiger partial charge in [0, 0.05) is 12.1 Å². The van der Waals surface area contributed by atoms with Crippen LogP contribution in [-0.4, -0.2) is 34.7 Å². The number of hydrogen-bond donors (Lipinski definition) is 1. The van der Waals surface area contributed by atoms with E-state index in [1.807, 2.05) is 25.7 Å². The third kappa shape index (κ3) is 1.95. The summed E-state index contributed by atoms with van der Waals surface area (Å²) in [7, 11) is 0. The molecule has 2 fully saturated rings. The Morgan fingerprint density at radius 3 is 2.47 bits per heavy atom. The molecule has 0 spiro atoms. The molecule has 2 bridgehead atoms. The third-order valence-electron chi connectivity index (χ3n) is 3.19. The maximum Gasteiger partial charge on any atom is 0.410 e. The summed E-state index contributed by atoms with van der Waals surface area (Å²) < 4.78 is 5.38. The van der Waals surface area contributed by atoms with Crippen LogP contribution in [0.5, 0.6) is 0 Å². The molecule has 2 heterocycles. The predicted molar refractivity (Wildman–Crippen MR) is 57.5 cm³/mol. The van der Waals surface area contributed by atoms with Gasteiger partial charge in [-0.15, -0.1) is 0 Å². The van der Waals surface area contributed by atoms with Gasteiger partial charge in [0.05, 0.1) is 6.04 Å². The van der Waals surface area contributed by atoms with E-state index in [0.29, 0.717) is 6.04 Å². The summed E-state index contributed by atoms with van der Waals surface area (Å²) in [6.45, 7) is 5.68. The number of carbonyl (C=O) groups excluding carboxylic acids is 1. The lowest BCUT2D eigenvalue weighted by Gasteiger charge is -2.27. The first-order chi connectivity index (χ1) is 6.88. The maximum absolute atomic E-state index is 11.9. The van der Waals surface area contributed by atoms with Gasteiger partial charge in [-0.2, -0.15) is 0 Å². The number of nitrogens with zero attached hydrogens (tertiary/aromatic N) is 1. The Morgan fingerprint density at radius 1 is 1.40 bits per heavy atom. The van der Waals surface area contributed by atoms with Crippen LogP contribution in [0.15, 0.2) is 0 Å². The summed E-state index contributed by atoms with van der Waals surface area (Å²) in [5.41, 5.74) is 5.55. The maximum atomic E-state index is 11.9. The van der Waals surface area contributed by atoms with Crippen molar-refractivity contribution < 1.29 is 9.53 Å². The quantitative estimate of drug-likeness (QED) is 0.661. The molecule has 1 amide bonds. The van der Waals surface area contributed by atoms with E-state index < -0.39 is 5.60 Å². The number of carbonyl (C=O) groups is 1. The highest BCUT2D eigenvalue weighted by molar-refractivity contribution is 5.70. The number of amides is 1. The summed E-state index contributed by atoms with van der Waals surface area (Å²) in [5.74, 6) is 0. The first-order valence-corrected chi connectivity index (χ1v) is 5.65. The minimum absolute atomic E-state index is 0.149. The van der Waals surface area contributed by atoms with Crippen molar-refractivity contribution in [2.75, 3.05) is 0 Å². The lowest BCUT2D eigenvalue weighted by molar-refractivity contribution is 0.0213. The van der Waals surface area contributed by atoms with Crippen molar-refractivity contribution in [2.45, 2.75) is 63.8 Å². The molecule has 0 aromatic carbocycles. The number of hydrogen-bond acceptors (Lipinski definition) is 3. The molecule has 4 heteroatoms. The molecule has 2 rings (SSSR count). The molecule has 0 aromatic heterocycles. The van der Waals surface area contributed by atoms with Crippen LogP contribution in [0.4, 0.5) is 4.79 Å². The average molecular weight is 212 g/mol. The number of nitrogens with two attached hydrogens (primary N) is 1. The van der Waals surface area contributed by atoms with Crippen molar-refractivity contribution in [3.63, 3.8) is 0 Å². The van der Waals surface area contributed by atoms with Crippen molar-refractivity contribution in [3.8, 4) is 0 Å². The molecule has 2 aliphatic heterocycles. The van der Waals surface area contributed by atoms with Crippen molar-refractivity contribution in [3.05, 3.63) is 0 Å². The van der Waals surface area contributed by atoms with Gasteiger partial charge in [0.2, 0.25) is 0 Å². The van der Waals surface area contributed by atoms with E-state index in [1.54, 1.807) is 0 Å². The second-order valence-electron chi connectivity index (χ2n) is 5.59. The molecule has 86 valence electrons. The van der Waals surface area contributed by atoms with Crippen LogP contribution in [-0.2, 0) is 4.74 Å². The second-order valence-corrected chi connectivity index (χ2v) is 5.59. The summed E-state index contributed by atoms with van der Waals surface area (Å²) in [5, 5.41) is 0. The van der Waals surface area contributed by atoms with E-state index in [9.17, 15) is 4.79 Å². The summed E-state index contributed by atoms with van der Waals surface area (Å²) in [4.78, 5) is 13.8. The summed E-state index contributed by atoms with van der Waals surface area (Å²) >= 11 is 0. The zero-order valence-corrected chi connectivity index (χ0v) is 9.69. The van der Waals surface area contributed by atoms with Crippen molar-refractivity contribution >= 4 is 6.09 Å². The number of rotatable bonds is 0. The van der Waals surface area contributed by atoms with Crippen LogP contribution in [0.1, 0.15) is 40.0 Å². The van der Waals surface area contributed by atoms with Crippen LogP contribution in [0.3, 0.4) is 0 Å². The van der Waals surface area contributed by atoms with Crippen LogP contribution >= 0.6 is 0 Å². The van der Waals surface area contributed by atoms with Gasteiger partial charge in [-0.1, -0.05) is 0 Å². The van der Waals surface area contributed by atoms with Crippen LogP contribution < -0.4 is 5.73 Å². The zero-order chi connectivity index (χ0) is 11.2. The first-order valence-electron chi connectivity index (χ1n) is 5.65. The van der Waals surface area contributed by atoms with E-state index in [1.165, 1.54) is 0 Å². The normalized spacial score (nSPS) is 34.7. The van der Waals surface area contributed by atoms with Crippen LogP contribution in [0.25, 0.3) is 0 Å². The predicted octanol–water partition coefficient (Wildman–Crippen LogP) is 1.49. The van der Waals surface area contributed by atoms with Crippen molar-refractivity contribution in [1.29, 1.82) is 0 Å². The van der Waals surface area contributed by atoms with E-state index in [0.717, 1.165) is 19.3 Å². The Bertz CT molecular complexity index is 272. The largest absolute Gasteiger partial charge is 0.444 e. The molecule has 0 aliphatic carbocycles. The Balaban J connectivity index is 2.03. The Morgan fingerprint density at radius 2 is 2.07 bits per heavy atom.